The largest absolute Gasteiger partial charge is 0.495 e. The lowest BCUT2D eigenvalue weighted by Gasteiger charge is -2.36. The van der Waals surface area contributed by atoms with E-state index in [0.717, 1.165) is 69.2 Å². The summed E-state index contributed by atoms with van der Waals surface area (Å²) in [6.07, 6.45) is 2.28. The minimum absolute atomic E-state index is 0.0201. The summed E-state index contributed by atoms with van der Waals surface area (Å²) in [6.45, 7) is 6.13. The molecule has 2 heterocycles. The molecule has 6 nitrogen and oxygen atoms in total. The molecule has 2 aromatic rings. The predicted octanol–water partition coefficient (Wildman–Crippen LogP) is 2.93. The van der Waals surface area contributed by atoms with Gasteiger partial charge < -0.3 is 19.7 Å². The maximum absolute atomic E-state index is 12.5. The van der Waals surface area contributed by atoms with E-state index < -0.39 is 0 Å². The lowest BCUT2D eigenvalue weighted by molar-refractivity contribution is 0.0857. The molecule has 1 unspecified atom stereocenters. The summed E-state index contributed by atoms with van der Waals surface area (Å²) in [7, 11) is 1.72. The van der Waals surface area contributed by atoms with Gasteiger partial charge in [0.1, 0.15) is 5.75 Å². The van der Waals surface area contributed by atoms with Crippen molar-refractivity contribution in [1.82, 2.24) is 10.2 Å². The average Bonchev–Trinajstić information content (AvgIpc) is 3.32. The summed E-state index contributed by atoms with van der Waals surface area (Å²) in [5.74, 6) is 0.904. The van der Waals surface area contributed by atoms with Gasteiger partial charge in [0.05, 0.1) is 18.9 Å². The minimum atomic E-state index is -0.0201. The number of carbonyl (C=O) groups excluding carboxylic acids is 1. The van der Waals surface area contributed by atoms with Gasteiger partial charge in [-0.05, 0) is 42.7 Å². The van der Waals surface area contributed by atoms with Gasteiger partial charge in [0.2, 0.25) is 0 Å². The maximum atomic E-state index is 12.5. The minimum Gasteiger partial charge on any atom is -0.495 e. The lowest BCUT2D eigenvalue weighted by atomic mass is 10.1. The summed E-state index contributed by atoms with van der Waals surface area (Å²) >= 11 is 0. The molecule has 0 bridgehead atoms. The van der Waals surface area contributed by atoms with Gasteiger partial charge in [-0.1, -0.05) is 24.3 Å². The van der Waals surface area contributed by atoms with Gasteiger partial charge >= 0.3 is 0 Å². The number of anilines is 1. The molecule has 0 radical (unpaired) electrons. The number of methoxy groups -OCH3 is 1. The number of para-hydroxylation sites is 2. The summed E-state index contributed by atoms with van der Waals surface area (Å²) in [5.41, 5.74) is 3.05. The normalized spacial score (nSPS) is 19.6. The Kier molecular flexibility index (Phi) is 6.87. The van der Waals surface area contributed by atoms with Crippen LogP contribution in [0.5, 0.6) is 5.75 Å². The van der Waals surface area contributed by atoms with Crippen LogP contribution in [0.1, 0.15) is 28.8 Å². The molecule has 1 amide bonds. The Labute approximate surface area is 178 Å². The van der Waals surface area contributed by atoms with Crippen molar-refractivity contribution >= 4 is 11.6 Å². The van der Waals surface area contributed by atoms with Crippen molar-refractivity contribution < 1.29 is 14.3 Å². The van der Waals surface area contributed by atoms with E-state index in [1.54, 1.807) is 7.11 Å². The molecule has 2 aromatic carbocycles. The number of hydrogen-bond donors (Lipinski definition) is 1. The Bertz CT molecular complexity index is 843. The van der Waals surface area contributed by atoms with Crippen molar-refractivity contribution in [2.45, 2.75) is 25.5 Å². The number of benzene rings is 2. The summed E-state index contributed by atoms with van der Waals surface area (Å²) in [4.78, 5) is 17.3. The highest BCUT2D eigenvalue weighted by Gasteiger charge is 2.20. The molecule has 0 aliphatic carbocycles. The Morgan fingerprint density at radius 1 is 1.13 bits per heavy atom. The van der Waals surface area contributed by atoms with E-state index in [9.17, 15) is 4.79 Å². The van der Waals surface area contributed by atoms with Crippen LogP contribution in [0.3, 0.4) is 0 Å². The molecule has 1 atom stereocenters. The van der Waals surface area contributed by atoms with E-state index in [1.165, 1.54) is 5.56 Å². The average molecular weight is 410 g/mol. The molecule has 0 aromatic heterocycles. The Hall–Kier alpha value is -2.57. The molecule has 30 heavy (non-hydrogen) atoms. The molecule has 0 saturated carbocycles. The van der Waals surface area contributed by atoms with Crippen LogP contribution in [-0.4, -0.2) is 63.4 Å². The SMILES string of the molecule is COc1ccccc1N1CCN(Cc2cccc(C(=O)NCC3CCCO3)c2)CC1. The van der Waals surface area contributed by atoms with Crippen LogP contribution >= 0.6 is 0 Å². The summed E-state index contributed by atoms with van der Waals surface area (Å²) in [5, 5.41) is 3.01. The zero-order valence-corrected chi connectivity index (χ0v) is 17.7. The van der Waals surface area contributed by atoms with Crippen LogP contribution in [0.2, 0.25) is 0 Å². The zero-order chi connectivity index (χ0) is 20.8. The van der Waals surface area contributed by atoms with Gasteiger partial charge in [0.25, 0.3) is 5.91 Å². The number of carbonyl (C=O) groups is 1. The second-order valence-corrected chi connectivity index (χ2v) is 7.98. The Morgan fingerprint density at radius 3 is 2.73 bits per heavy atom. The highest BCUT2D eigenvalue weighted by molar-refractivity contribution is 5.94. The molecule has 6 heteroatoms. The van der Waals surface area contributed by atoms with Gasteiger partial charge in [0, 0.05) is 51.4 Å². The van der Waals surface area contributed by atoms with Crippen LogP contribution < -0.4 is 15.0 Å². The molecule has 0 spiro atoms. The molecule has 1 N–H and O–H groups in total. The number of ether oxygens (including phenoxy) is 2. The number of hydrogen-bond acceptors (Lipinski definition) is 5. The fourth-order valence-electron chi connectivity index (χ4n) is 4.22. The van der Waals surface area contributed by atoms with E-state index in [0.29, 0.717) is 6.54 Å². The van der Waals surface area contributed by atoms with Crippen LogP contribution in [0.25, 0.3) is 0 Å². The molecule has 160 valence electrons. The quantitative estimate of drug-likeness (QED) is 0.762. The highest BCUT2D eigenvalue weighted by Crippen LogP contribution is 2.28. The molecule has 4 rings (SSSR count). The first-order chi connectivity index (χ1) is 14.7. The van der Waals surface area contributed by atoms with Crippen LogP contribution in [-0.2, 0) is 11.3 Å². The van der Waals surface area contributed by atoms with Crippen LogP contribution in [0.15, 0.2) is 48.5 Å². The smallest absolute Gasteiger partial charge is 0.251 e. The summed E-state index contributed by atoms with van der Waals surface area (Å²) in [6, 6.07) is 16.2. The van der Waals surface area contributed by atoms with Crippen LogP contribution in [0, 0.1) is 0 Å². The van der Waals surface area contributed by atoms with Crippen molar-refractivity contribution in [2.24, 2.45) is 0 Å². The number of amides is 1. The van der Waals surface area contributed by atoms with Crippen molar-refractivity contribution in [2.75, 3.05) is 51.3 Å². The van der Waals surface area contributed by atoms with Crippen molar-refractivity contribution in [1.29, 1.82) is 0 Å². The van der Waals surface area contributed by atoms with Gasteiger partial charge in [-0.2, -0.15) is 0 Å². The molecular weight excluding hydrogens is 378 g/mol. The van der Waals surface area contributed by atoms with Gasteiger partial charge in [-0.25, -0.2) is 0 Å². The monoisotopic (exact) mass is 409 g/mol. The highest BCUT2D eigenvalue weighted by atomic mass is 16.5. The van der Waals surface area contributed by atoms with Gasteiger partial charge in [-0.15, -0.1) is 0 Å². The number of nitrogens with zero attached hydrogens (tertiary/aromatic N) is 2. The second kappa shape index (κ2) is 9.96. The van der Waals surface area contributed by atoms with Crippen LogP contribution in [0.4, 0.5) is 5.69 Å². The van der Waals surface area contributed by atoms with Gasteiger partial charge in [0.15, 0.2) is 0 Å². The van der Waals surface area contributed by atoms with Crippen molar-refractivity contribution in [3.8, 4) is 5.75 Å². The third kappa shape index (κ3) is 5.12. The molecule has 2 aliphatic rings. The number of piperazine rings is 1. The van der Waals surface area contributed by atoms with E-state index in [1.807, 2.05) is 30.3 Å². The van der Waals surface area contributed by atoms with E-state index in [4.69, 9.17) is 9.47 Å². The predicted molar refractivity (Wildman–Crippen MR) is 118 cm³/mol. The Balaban J connectivity index is 1.30. The van der Waals surface area contributed by atoms with Gasteiger partial charge in [-0.3, -0.25) is 9.69 Å². The number of rotatable bonds is 7. The molecule has 2 fully saturated rings. The van der Waals surface area contributed by atoms with E-state index in [2.05, 4.69) is 33.3 Å². The first-order valence-electron chi connectivity index (χ1n) is 10.8. The lowest BCUT2D eigenvalue weighted by Crippen LogP contribution is -2.46. The third-order valence-corrected chi connectivity index (χ3v) is 5.91. The standard InChI is InChI=1S/C24H31N3O3/c1-29-23-10-3-2-9-22(23)27-13-11-26(12-14-27)18-19-6-4-7-20(16-19)24(28)25-17-21-8-5-15-30-21/h2-4,6-7,9-10,16,21H,5,8,11-15,17-18H2,1H3,(H,25,28). The third-order valence-electron chi connectivity index (χ3n) is 5.91. The summed E-state index contributed by atoms with van der Waals surface area (Å²) < 4.78 is 11.1. The Morgan fingerprint density at radius 2 is 1.97 bits per heavy atom. The zero-order valence-electron chi connectivity index (χ0n) is 17.7. The molecule has 2 aliphatic heterocycles. The van der Waals surface area contributed by atoms with E-state index in [-0.39, 0.29) is 12.0 Å². The van der Waals surface area contributed by atoms with Crippen molar-refractivity contribution in [3.05, 3.63) is 59.7 Å². The first-order valence-corrected chi connectivity index (χ1v) is 10.8. The first kappa shape index (κ1) is 20.7. The fraction of sp³-hybridized carbons (Fsp3) is 0.458. The topological polar surface area (TPSA) is 54.0 Å². The van der Waals surface area contributed by atoms with E-state index >= 15 is 0 Å². The fourth-order valence-corrected chi connectivity index (χ4v) is 4.22. The number of nitrogens with one attached hydrogen (secondary N) is 1. The van der Waals surface area contributed by atoms with Crippen molar-refractivity contribution in [3.63, 3.8) is 0 Å². The maximum Gasteiger partial charge on any atom is 0.251 e. The second-order valence-electron chi connectivity index (χ2n) is 7.98. The molecule has 2 saturated heterocycles. The molecular formula is C24H31N3O3.